The van der Waals surface area contributed by atoms with Gasteiger partial charge in [0.15, 0.2) is 6.10 Å². The van der Waals surface area contributed by atoms with Crippen molar-refractivity contribution in [3.8, 4) is 0 Å². The predicted octanol–water partition coefficient (Wildman–Crippen LogP) is -2.84. The number of carboxylic acid groups (broad SMARTS) is 1. The number of hydrogen-bond acceptors (Lipinski definition) is 5. The van der Waals surface area contributed by atoms with Gasteiger partial charge in [0.2, 0.25) is 0 Å². The molecule has 13 heavy (non-hydrogen) atoms. The molecule has 0 bridgehead atoms. The van der Waals surface area contributed by atoms with Crippen LogP contribution in [0.1, 0.15) is 6.42 Å². The van der Waals surface area contributed by atoms with Crippen molar-refractivity contribution in [2.45, 2.75) is 24.7 Å². The maximum Gasteiger partial charge on any atom is 0.332 e. The Labute approximate surface area is 105 Å². The molecule has 0 aromatic rings. The molecular formula is C6H12CaO6. The summed E-state index contributed by atoms with van der Waals surface area (Å²) in [6.45, 7) is -0.673. The summed E-state index contributed by atoms with van der Waals surface area (Å²) in [5.74, 6) is -1.47. The molecule has 0 unspecified atom stereocenters. The Morgan fingerprint density at radius 2 is 1.62 bits per heavy atom. The number of carboxylic acids is 1. The molecule has 0 saturated carbocycles. The minimum absolute atomic E-state index is 0. The number of aliphatic hydroxyl groups excluding tert-OH is 4. The third-order valence-corrected chi connectivity index (χ3v) is 1.38. The van der Waals surface area contributed by atoms with Crippen molar-refractivity contribution in [3.05, 3.63) is 0 Å². The van der Waals surface area contributed by atoms with Crippen LogP contribution in [0.15, 0.2) is 0 Å². The molecule has 6 nitrogen and oxygen atoms in total. The van der Waals surface area contributed by atoms with Crippen LogP contribution in [0.25, 0.3) is 0 Å². The minimum Gasteiger partial charge on any atom is -0.479 e. The average Bonchev–Trinajstić information content (AvgIpc) is 2.02. The van der Waals surface area contributed by atoms with Crippen molar-refractivity contribution in [3.63, 3.8) is 0 Å². The summed E-state index contributed by atoms with van der Waals surface area (Å²) < 4.78 is 0. The van der Waals surface area contributed by atoms with Gasteiger partial charge in [0.1, 0.15) is 6.10 Å². The summed E-state index contributed by atoms with van der Waals surface area (Å²) in [4.78, 5) is 10.0. The number of hydrogen-bond donors (Lipinski definition) is 5. The molecule has 5 N–H and O–H groups in total. The molecule has 3 atom stereocenters. The van der Waals surface area contributed by atoms with E-state index in [1.807, 2.05) is 0 Å². The van der Waals surface area contributed by atoms with E-state index in [1.165, 1.54) is 0 Å². The number of aliphatic carboxylic acids is 1. The zero-order valence-corrected chi connectivity index (χ0v) is 9.21. The molecule has 74 valence electrons. The van der Waals surface area contributed by atoms with Crippen LogP contribution < -0.4 is 0 Å². The topological polar surface area (TPSA) is 118 Å². The van der Waals surface area contributed by atoms with Crippen molar-refractivity contribution in [1.82, 2.24) is 0 Å². The van der Waals surface area contributed by atoms with E-state index in [0.29, 0.717) is 0 Å². The van der Waals surface area contributed by atoms with Crippen LogP contribution in [0.4, 0.5) is 0 Å². The third kappa shape index (κ3) is 6.62. The smallest absolute Gasteiger partial charge is 0.332 e. The van der Waals surface area contributed by atoms with E-state index in [9.17, 15) is 4.79 Å². The van der Waals surface area contributed by atoms with Gasteiger partial charge in [-0.3, -0.25) is 0 Å². The largest absolute Gasteiger partial charge is 0.479 e. The summed E-state index contributed by atoms with van der Waals surface area (Å²) in [7, 11) is 0. The molecular weight excluding hydrogens is 208 g/mol. The molecule has 2 radical (unpaired) electrons. The van der Waals surface area contributed by atoms with Gasteiger partial charge in [-0.05, 0) is 0 Å². The monoisotopic (exact) mass is 220 g/mol. The molecule has 0 spiro atoms. The molecule has 7 heteroatoms. The summed E-state index contributed by atoms with van der Waals surface area (Å²) in [5.41, 5.74) is 0. The van der Waals surface area contributed by atoms with Gasteiger partial charge >= 0.3 is 5.97 Å². The van der Waals surface area contributed by atoms with Crippen LogP contribution in [0, 0.1) is 0 Å². The Bertz CT molecular complexity index is 152. The molecule has 0 saturated heterocycles. The van der Waals surface area contributed by atoms with Gasteiger partial charge in [-0.25, -0.2) is 4.79 Å². The first-order valence-electron chi connectivity index (χ1n) is 3.37. The Morgan fingerprint density at radius 1 is 1.15 bits per heavy atom. The second kappa shape index (κ2) is 7.93. The van der Waals surface area contributed by atoms with Crippen molar-refractivity contribution in [2.75, 3.05) is 6.61 Å². The Balaban J connectivity index is 0. The predicted molar refractivity (Wildman–Crippen MR) is 43.1 cm³/mol. The first kappa shape index (κ1) is 16.0. The van der Waals surface area contributed by atoms with E-state index >= 15 is 0 Å². The van der Waals surface area contributed by atoms with E-state index in [1.54, 1.807) is 0 Å². The molecule has 0 rings (SSSR count). The molecule has 0 amide bonds. The third-order valence-electron chi connectivity index (χ3n) is 1.38. The summed E-state index contributed by atoms with van der Waals surface area (Å²) >= 11 is 0. The van der Waals surface area contributed by atoms with E-state index < -0.39 is 37.3 Å². The fraction of sp³-hybridized carbons (Fsp3) is 0.833. The maximum atomic E-state index is 10.0. The van der Waals surface area contributed by atoms with Crippen LogP contribution in [-0.2, 0) is 4.79 Å². The van der Waals surface area contributed by atoms with Crippen molar-refractivity contribution >= 4 is 43.7 Å². The van der Waals surface area contributed by atoms with Crippen LogP contribution in [0.2, 0.25) is 0 Å². The molecule has 0 aromatic carbocycles. The molecule has 0 aliphatic heterocycles. The van der Waals surface area contributed by atoms with Gasteiger partial charge in [-0.1, -0.05) is 0 Å². The molecule has 0 heterocycles. The van der Waals surface area contributed by atoms with Crippen molar-refractivity contribution in [2.24, 2.45) is 0 Å². The van der Waals surface area contributed by atoms with Gasteiger partial charge in [-0.2, -0.15) is 0 Å². The zero-order chi connectivity index (χ0) is 9.72. The van der Waals surface area contributed by atoms with Crippen molar-refractivity contribution in [1.29, 1.82) is 0 Å². The van der Waals surface area contributed by atoms with E-state index in [-0.39, 0.29) is 37.7 Å². The molecule has 0 aliphatic rings. The summed E-state index contributed by atoms with van der Waals surface area (Å²) in [5, 5.41) is 42.8. The van der Waals surface area contributed by atoms with Gasteiger partial charge < -0.3 is 25.5 Å². The Kier molecular flexibility index (Phi) is 9.77. The Morgan fingerprint density at radius 3 is 1.92 bits per heavy atom. The summed E-state index contributed by atoms with van der Waals surface area (Å²) in [6.07, 6.45) is -5.07. The normalized spacial score (nSPS) is 16.9. The van der Waals surface area contributed by atoms with E-state index in [2.05, 4.69) is 0 Å². The van der Waals surface area contributed by atoms with Crippen LogP contribution >= 0.6 is 0 Å². The fourth-order valence-corrected chi connectivity index (χ4v) is 0.608. The van der Waals surface area contributed by atoms with E-state index in [0.717, 1.165) is 0 Å². The number of rotatable bonds is 5. The zero-order valence-electron chi connectivity index (χ0n) is 7.00. The molecule has 0 aromatic heterocycles. The van der Waals surface area contributed by atoms with Gasteiger partial charge in [0.05, 0.1) is 12.7 Å². The van der Waals surface area contributed by atoms with Gasteiger partial charge in [0, 0.05) is 44.2 Å². The van der Waals surface area contributed by atoms with Gasteiger partial charge in [0.25, 0.3) is 0 Å². The van der Waals surface area contributed by atoms with Crippen molar-refractivity contribution < 1.29 is 30.3 Å². The Hall–Kier alpha value is 0.570. The fourth-order valence-electron chi connectivity index (χ4n) is 0.608. The standard InChI is InChI=1S/C6H12O6.Ca/c7-2-5(10)3(8)1-4(9)6(11)12;/h3-5,7-10H,1-2H2,(H,11,12);/t3-,4-,5+;/m0./s1. The van der Waals surface area contributed by atoms with Gasteiger partial charge in [-0.15, -0.1) is 0 Å². The SMILES string of the molecule is O=C(O)[C@@H](O)C[C@H](O)[C@H](O)CO.[Ca]. The minimum atomic E-state index is -1.72. The quantitative estimate of drug-likeness (QED) is 0.318. The average molecular weight is 220 g/mol. The molecule has 0 aliphatic carbocycles. The first-order valence-corrected chi connectivity index (χ1v) is 3.37. The summed E-state index contributed by atoms with van der Waals surface area (Å²) in [6, 6.07) is 0. The number of aliphatic hydroxyl groups is 4. The second-order valence-corrected chi connectivity index (χ2v) is 2.41. The van der Waals surface area contributed by atoms with Crippen LogP contribution in [0.3, 0.4) is 0 Å². The first-order chi connectivity index (χ1) is 5.49. The van der Waals surface area contributed by atoms with Crippen LogP contribution in [0.5, 0.6) is 0 Å². The molecule has 0 fully saturated rings. The van der Waals surface area contributed by atoms with E-state index in [4.69, 9.17) is 25.5 Å². The maximum absolute atomic E-state index is 10.0. The van der Waals surface area contributed by atoms with Crippen LogP contribution in [-0.4, -0.2) is 94.2 Å². The second-order valence-electron chi connectivity index (χ2n) is 2.41. The number of carbonyl (C=O) groups is 1.